The van der Waals surface area contributed by atoms with Crippen molar-refractivity contribution in [1.29, 1.82) is 0 Å². The molecule has 0 unspecified atom stereocenters. The van der Waals surface area contributed by atoms with Crippen molar-refractivity contribution in [3.05, 3.63) is 70.8 Å². The van der Waals surface area contributed by atoms with Gasteiger partial charge in [-0.1, -0.05) is 41.0 Å². The zero-order valence-electron chi connectivity index (χ0n) is 21.4. The summed E-state index contributed by atoms with van der Waals surface area (Å²) in [6, 6.07) is 9.76. The van der Waals surface area contributed by atoms with Gasteiger partial charge < -0.3 is 24.2 Å². The monoisotopic (exact) mass is 618 g/mol. The van der Waals surface area contributed by atoms with Gasteiger partial charge in [0, 0.05) is 31.5 Å². The molecule has 222 valence electrons. The van der Waals surface area contributed by atoms with Crippen LogP contribution in [0.5, 0.6) is 0 Å². The Kier molecular flexibility index (Phi) is 11.3. The molecule has 0 spiro atoms. The number of aliphatic hydroxyl groups excluding tert-OH is 1. The highest BCUT2D eigenvalue weighted by Crippen LogP contribution is 2.36. The first-order valence-electron chi connectivity index (χ1n) is 11.8. The number of nitrogens with one attached hydrogen (secondary N) is 2. The first kappa shape index (κ1) is 32.1. The van der Waals surface area contributed by atoms with Gasteiger partial charge in [-0.15, -0.1) is 0 Å². The number of carbonyl (C=O) groups is 2. The van der Waals surface area contributed by atoms with Crippen LogP contribution in [0, 0.1) is 11.6 Å². The van der Waals surface area contributed by atoms with E-state index in [1.165, 1.54) is 36.4 Å². The van der Waals surface area contributed by atoms with E-state index >= 15 is 0 Å². The van der Waals surface area contributed by atoms with Crippen molar-refractivity contribution in [3.8, 4) is 11.3 Å². The largest absolute Gasteiger partial charge is 0.469 e. The Balaban J connectivity index is 1.69. The number of aliphatic hydroxyl groups is 1. The van der Waals surface area contributed by atoms with Gasteiger partial charge in [-0.05, 0) is 23.8 Å². The van der Waals surface area contributed by atoms with Crippen LogP contribution < -0.4 is 10.7 Å². The molecule has 0 bridgehead atoms. The summed E-state index contributed by atoms with van der Waals surface area (Å²) < 4.78 is 52.9. The molecular weight excluding hydrogens is 593 g/mol. The maximum absolute atomic E-state index is 13.8. The lowest BCUT2D eigenvalue weighted by Gasteiger charge is -2.32. The average Bonchev–Trinajstić information content (AvgIpc) is 3.36. The highest BCUT2D eigenvalue weighted by atomic mass is 35.5. The first-order chi connectivity index (χ1) is 19.3. The van der Waals surface area contributed by atoms with Gasteiger partial charge in [-0.25, -0.2) is 23.6 Å². The van der Waals surface area contributed by atoms with Gasteiger partial charge in [0.2, 0.25) is 5.91 Å². The molecule has 0 saturated heterocycles. The Morgan fingerprint density at radius 3 is 2.59 bits per heavy atom. The van der Waals surface area contributed by atoms with Crippen molar-refractivity contribution < 1.29 is 51.6 Å². The number of hydrazine groups is 1. The fourth-order valence-corrected chi connectivity index (χ4v) is 4.15. The molecule has 1 heterocycles. The third-order valence-electron chi connectivity index (χ3n) is 5.41. The van der Waals surface area contributed by atoms with E-state index in [2.05, 4.69) is 20.4 Å². The normalized spacial score (nSPS) is 13.0. The number of benzene rings is 2. The van der Waals surface area contributed by atoms with Gasteiger partial charge in [0.15, 0.2) is 11.6 Å². The second-order valence-electron chi connectivity index (χ2n) is 8.58. The Hall–Kier alpha value is -3.43. The van der Waals surface area contributed by atoms with Gasteiger partial charge in [0.25, 0.3) is 0 Å². The molecule has 3 rings (SSSR count). The molecular formula is C24H26ClF2N4O9P. The highest BCUT2D eigenvalue weighted by molar-refractivity contribution is 7.46. The van der Waals surface area contributed by atoms with E-state index in [1.54, 1.807) is 6.07 Å². The van der Waals surface area contributed by atoms with E-state index in [4.69, 9.17) is 30.6 Å². The van der Waals surface area contributed by atoms with Crippen LogP contribution in [-0.2, 0) is 25.2 Å². The van der Waals surface area contributed by atoms with Crippen LogP contribution in [0.15, 0.2) is 53.1 Å². The van der Waals surface area contributed by atoms with Gasteiger partial charge in [0.1, 0.15) is 18.2 Å². The summed E-state index contributed by atoms with van der Waals surface area (Å²) in [4.78, 5) is 42.8. The molecule has 17 heteroatoms. The number of carbonyl (C=O) groups excluding carboxylic acids is 2. The highest BCUT2D eigenvalue weighted by Gasteiger charge is 2.28. The van der Waals surface area contributed by atoms with E-state index in [-0.39, 0.29) is 29.6 Å². The number of amides is 2. The van der Waals surface area contributed by atoms with Crippen LogP contribution in [0.25, 0.3) is 11.3 Å². The molecule has 2 aromatic carbocycles. The van der Waals surface area contributed by atoms with Crippen molar-refractivity contribution in [2.45, 2.75) is 32.0 Å². The molecule has 2 atom stereocenters. The van der Waals surface area contributed by atoms with E-state index in [1.807, 2.05) is 0 Å². The molecule has 0 aliphatic carbocycles. The minimum absolute atomic E-state index is 0.0665. The molecule has 2 amide bonds. The van der Waals surface area contributed by atoms with Gasteiger partial charge in [0.05, 0.1) is 23.8 Å². The number of rotatable bonds is 13. The SMILES string of the molecule is CC(=O)N(NCc1cccc(F)c1Cl)[C@H](COC(=O)Nc1cc(-c2cccc(F)c2)on1)C[C@@H](O)COP(=O)(O)O. The van der Waals surface area contributed by atoms with Crippen LogP contribution in [0.2, 0.25) is 5.02 Å². The number of ether oxygens (including phenoxy) is 1. The van der Waals surface area contributed by atoms with Gasteiger partial charge >= 0.3 is 13.9 Å². The Morgan fingerprint density at radius 2 is 1.90 bits per heavy atom. The van der Waals surface area contributed by atoms with Crippen molar-refractivity contribution in [2.75, 3.05) is 18.5 Å². The summed E-state index contributed by atoms with van der Waals surface area (Å²) in [6.07, 6.45) is -2.92. The maximum atomic E-state index is 13.8. The Morgan fingerprint density at radius 1 is 1.17 bits per heavy atom. The third kappa shape index (κ3) is 10.2. The summed E-state index contributed by atoms with van der Waals surface area (Å²) in [7, 11) is -4.90. The number of nitrogens with zero attached hydrogens (tertiary/aromatic N) is 2. The fourth-order valence-electron chi connectivity index (χ4n) is 3.59. The van der Waals surface area contributed by atoms with Gasteiger partial charge in [-0.2, -0.15) is 0 Å². The third-order valence-corrected chi connectivity index (χ3v) is 6.32. The molecule has 0 fully saturated rings. The number of phosphoric ester groups is 1. The van der Waals surface area contributed by atoms with Crippen LogP contribution >= 0.6 is 19.4 Å². The second-order valence-corrected chi connectivity index (χ2v) is 10.2. The van der Waals surface area contributed by atoms with Crippen LogP contribution in [0.1, 0.15) is 18.9 Å². The standard InChI is InChI=1S/C24H26ClF2N4O9P/c1-14(32)31(28-11-16-5-3-7-20(27)23(16)25)18(9-19(33)13-39-41(35,36)37)12-38-24(34)29-22-10-21(40-30-22)15-4-2-6-17(26)8-15/h2-8,10,18-19,28,33H,9,11-13H2,1H3,(H,29,30,34)(H2,35,36,37)/t18-,19+/m0/s1. The average molecular weight is 619 g/mol. The van der Waals surface area contributed by atoms with Crippen LogP contribution in [-0.4, -0.2) is 62.4 Å². The predicted octanol–water partition coefficient (Wildman–Crippen LogP) is 3.60. The van der Waals surface area contributed by atoms with Crippen molar-refractivity contribution in [1.82, 2.24) is 15.6 Å². The lowest BCUT2D eigenvalue weighted by molar-refractivity contribution is -0.137. The molecule has 1 aromatic heterocycles. The van der Waals surface area contributed by atoms with Crippen molar-refractivity contribution >= 4 is 37.2 Å². The fraction of sp³-hybridized carbons (Fsp3) is 0.292. The zero-order valence-corrected chi connectivity index (χ0v) is 23.0. The number of aromatic nitrogens is 1. The smallest absolute Gasteiger partial charge is 0.447 e. The summed E-state index contributed by atoms with van der Waals surface area (Å²) in [5.41, 5.74) is 3.40. The molecule has 0 saturated carbocycles. The summed E-state index contributed by atoms with van der Waals surface area (Å²) >= 11 is 5.97. The molecule has 13 nitrogen and oxygen atoms in total. The molecule has 5 N–H and O–H groups in total. The van der Waals surface area contributed by atoms with Crippen molar-refractivity contribution in [2.24, 2.45) is 0 Å². The summed E-state index contributed by atoms with van der Waals surface area (Å²) in [5.74, 6) is -1.70. The number of halogens is 3. The van der Waals surface area contributed by atoms with Crippen LogP contribution in [0.4, 0.5) is 19.4 Å². The molecule has 0 aliphatic rings. The number of hydrogen-bond donors (Lipinski definition) is 5. The van der Waals surface area contributed by atoms with E-state index in [9.17, 15) is 28.0 Å². The molecule has 41 heavy (non-hydrogen) atoms. The second kappa shape index (κ2) is 14.5. The number of phosphoric acid groups is 1. The van der Waals surface area contributed by atoms with Crippen molar-refractivity contribution in [3.63, 3.8) is 0 Å². The predicted molar refractivity (Wildman–Crippen MR) is 140 cm³/mol. The minimum atomic E-state index is -4.90. The minimum Gasteiger partial charge on any atom is -0.447 e. The van der Waals surface area contributed by atoms with E-state index in [0.29, 0.717) is 11.1 Å². The molecule has 3 aromatic rings. The van der Waals surface area contributed by atoms with E-state index < -0.39 is 56.8 Å². The number of hydrogen-bond acceptors (Lipinski definition) is 9. The van der Waals surface area contributed by atoms with E-state index in [0.717, 1.165) is 18.0 Å². The summed E-state index contributed by atoms with van der Waals surface area (Å²) in [6.45, 7) is -0.308. The number of anilines is 1. The topological polar surface area (TPSA) is 184 Å². The quantitative estimate of drug-likeness (QED) is 0.139. The van der Waals surface area contributed by atoms with Crippen LogP contribution in [0.3, 0.4) is 0 Å². The molecule has 0 radical (unpaired) electrons. The first-order valence-corrected chi connectivity index (χ1v) is 13.7. The Labute approximate surface area is 237 Å². The lowest BCUT2D eigenvalue weighted by Crippen LogP contribution is -2.52. The lowest BCUT2D eigenvalue weighted by atomic mass is 10.1. The molecule has 0 aliphatic heterocycles. The zero-order chi connectivity index (χ0) is 30.2. The Bertz CT molecular complexity index is 1410. The van der Waals surface area contributed by atoms with Gasteiger partial charge in [-0.3, -0.25) is 19.6 Å². The maximum Gasteiger partial charge on any atom is 0.469 e. The summed E-state index contributed by atoms with van der Waals surface area (Å²) in [5, 5.41) is 17.1.